The summed E-state index contributed by atoms with van der Waals surface area (Å²) in [4.78, 5) is 44.0. The van der Waals surface area contributed by atoms with Crippen LogP contribution in [0.2, 0.25) is 0 Å². The Morgan fingerprint density at radius 1 is 0.750 bits per heavy atom. The summed E-state index contributed by atoms with van der Waals surface area (Å²) in [6.07, 6.45) is 0.884. The maximum atomic E-state index is 14.2. The highest BCUT2D eigenvalue weighted by molar-refractivity contribution is 5.95. The molecule has 0 aromatic heterocycles. The van der Waals surface area contributed by atoms with E-state index >= 15 is 0 Å². The molecule has 11 N–H and O–H groups in total. The first-order valence-electron chi connectivity index (χ1n) is 15.6. The summed E-state index contributed by atoms with van der Waals surface area (Å²) in [5.41, 5.74) is 25.1. The van der Waals surface area contributed by atoms with Crippen molar-refractivity contribution in [2.24, 2.45) is 27.9 Å². The summed E-state index contributed by atoms with van der Waals surface area (Å²) in [5, 5.41) is 15.3. The molecule has 0 saturated heterocycles. The second-order valence-electron chi connectivity index (χ2n) is 11.4. The maximum absolute atomic E-state index is 14.2. The molecular formula is C36H42N8O4. The molecule has 1 unspecified atom stereocenters. The minimum absolute atomic E-state index is 0.0553. The van der Waals surface area contributed by atoms with Crippen LogP contribution in [0.25, 0.3) is 10.8 Å². The van der Waals surface area contributed by atoms with Gasteiger partial charge >= 0.3 is 0 Å². The Balaban J connectivity index is 1.59. The molecule has 48 heavy (non-hydrogen) atoms. The van der Waals surface area contributed by atoms with Crippen LogP contribution in [0.4, 0.5) is 0 Å². The van der Waals surface area contributed by atoms with Crippen molar-refractivity contribution in [3.8, 4) is 0 Å². The van der Waals surface area contributed by atoms with Crippen LogP contribution in [-0.2, 0) is 32.1 Å². The number of hydrogen-bond acceptors (Lipinski definition) is 6. The molecule has 3 amide bonds. The summed E-state index contributed by atoms with van der Waals surface area (Å²) in [6, 6.07) is 28.0. The van der Waals surface area contributed by atoms with Crippen LogP contribution >= 0.6 is 0 Å². The van der Waals surface area contributed by atoms with E-state index in [4.69, 9.17) is 33.1 Å². The fraction of sp³-hybridized carbons (Fsp3) is 0.250. The van der Waals surface area contributed by atoms with Crippen LogP contribution in [0.15, 0.2) is 102 Å². The molecule has 0 saturated carbocycles. The number of nitrogens with two attached hydrogens (primary N) is 4. The van der Waals surface area contributed by atoms with Crippen molar-refractivity contribution in [1.29, 1.82) is 5.41 Å². The first-order chi connectivity index (χ1) is 23.1. The van der Waals surface area contributed by atoms with Crippen LogP contribution in [0.3, 0.4) is 0 Å². The number of guanidine groups is 1. The molecule has 0 aliphatic carbocycles. The number of hydrogen-bond donors (Lipinski definition) is 7. The number of primary amides is 1. The van der Waals surface area contributed by atoms with Gasteiger partial charge in [0, 0.05) is 12.1 Å². The number of rotatable bonds is 17. The van der Waals surface area contributed by atoms with Gasteiger partial charge in [-0.3, -0.25) is 24.8 Å². The highest BCUT2D eigenvalue weighted by Gasteiger charge is 2.30. The average Bonchev–Trinajstić information content (AvgIpc) is 3.08. The third-order valence-electron chi connectivity index (χ3n) is 7.83. The maximum Gasteiger partial charge on any atom is 0.245 e. The fourth-order valence-electron chi connectivity index (χ4n) is 5.23. The quantitative estimate of drug-likeness (QED) is 0.0512. The molecule has 12 heteroatoms. The second kappa shape index (κ2) is 17.2. The topological polar surface area (TPSA) is 225 Å². The van der Waals surface area contributed by atoms with Crippen molar-refractivity contribution in [2.75, 3.05) is 13.2 Å². The minimum Gasteiger partial charge on any atom is -0.384 e. The number of nitrogen functional groups attached to an aromatic ring is 1. The lowest BCUT2D eigenvalue weighted by Crippen LogP contribution is -2.55. The van der Waals surface area contributed by atoms with Gasteiger partial charge < -0.3 is 38.3 Å². The molecule has 4 rings (SSSR count). The van der Waals surface area contributed by atoms with Crippen LogP contribution in [0.5, 0.6) is 0 Å². The molecule has 0 aliphatic heterocycles. The van der Waals surface area contributed by atoms with Crippen LogP contribution in [0, 0.1) is 5.41 Å². The Morgan fingerprint density at radius 2 is 1.42 bits per heavy atom. The monoisotopic (exact) mass is 650 g/mol. The van der Waals surface area contributed by atoms with E-state index in [2.05, 4.69) is 15.6 Å². The zero-order chi connectivity index (χ0) is 34.5. The van der Waals surface area contributed by atoms with Crippen molar-refractivity contribution < 1.29 is 19.1 Å². The van der Waals surface area contributed by atoms with Crippen LogP contribution < -0.4 is 33.6 Å². The summed E-state index contributed by atoms with van der Waals surface area (Å²) < 4.78 is 5.90. The van der Waals surface area contributed by atoms with Crippen molar-refractivity contribution in [2.45, 2.75) is 43.9 Å². The predicted octanol–water partition coefficient (Wildman–Crippen LogP) is 2.18. The van der Waals surface area contributed by atoms with Gasteiger partial charge in [-0.15, -0.1) is 0 Å². The lowest BCUT2D eigenvalue weighted by Gasteiger charge is -2.25. The van der Waals surface area contributed by atoms with E-state index in [0.29, 0.717) is 18.4 Å². The Bertz CT molecular complexity index is 1740. The number of amidine groups is 1. The van der Waals surface area contributed by atoms with Crippen LogP contribution in [0.1, 0.15) is 41.0 Å². The molecule has 12 nitrogen and oxygen atoms in total. The molecule has 4 aromatic rings. The number of aliphatic imine (C=N–C) groups is 1. The van der Waals surface area contributed by atoms with E-state index in [1.807, 2.05) is 84.9 Å². The molecule has 0 fully saturated rings. The SMILES string of the molecule is N=C(N)c1ccc(C[C@H](C(=O)N[C@@H](COCc2ccccc2)C(=O)NC(CCCN=C(N)N)C(N)=O)c2ccc3ccccc3c2)cc1. The molecule has 0 radical (unpaired) electrons. The third-order valence-corrected chi connectivity index (χ3v) is 7.83. The zero-order valence-corrected chi connectivity index (χ0v) is 26.6. The lowest BCUT2D eigenvalue weighted by atomic mass is 9.89. The van der Waals surface area contributed by atoms with E-state index in [9.17, 15) is 14.4 Å². The number of fused-ring (bicyclic) bond motifs is 1. The molecule has 0 aliphatic rings. The van der Waals surface area contributed by atoms with Gasteiger partial charge in [-0.1, -0.05) is 97.1 Å². The number of carbonyl (C=O) groups is 3. The largest absolute Gasteiger partial charge is 0.384 e. The van der Waals surface area contributed by atoms with Gasteiger partial charge in [0.15, 0.2) is 5.96 Å². The smallest absolute Gasteiger partial charge is 0.245 e. The van der Waals surface area contributed by atoms with Crippen molar-refractivity contribution in [3.05, 3.63) is 119 Å². The van der Waals surface area contributed by atoms with Crippen molar-refractivity contribution in [1.82, 2.24) is 10.6 Å². The van der Waals surface area contributed by atoms with E-state index in [-0.39, 0.29) is 38.0 Å². The summed E-state index contributed by atoms with van der Waals surface area (Å²) in [5.74, 6) is -2.60. The van der Waals surface area contributed by atoms with Crippen molar-refractivity contribution >= 4 is 40.3 Å². The Labute approximate surface area is 279 Å². The highest BCUT2D eigenvalue weighted by atomic mass is 16.5. The first-order valence-corrected chi connectivity index (χ1v) is 15.6. The average molecular weight is 651 g/mol. The van der Waals surface area contributed by atoms with Gasteiger partial charge in [-0.25, -0.2) is 0 Å². The van der Waals surface area contributed by atoms with E-state index in [1.165, 1.54) is 0 Å². The predicted molar refractivity (Wildman–Crippen MR) is 187 cm³/mol. The number of benzene rings is 4. The molecule has 4 aromatic carbocycles. The number of nitrogens with one attached hydrogen (secondary N) is 3. The Kier molecular flexibility index (Phi) is 12.6. The van der Waals surface area contributed by atoms with Gasteiger partial charge in [0.1, 0.15) is 17.9 Å². The lowest BCUT2D eigenvalue weighted by molar-refractivity contribution is -0.133. The number of amides is 3. The van der Waals surface area contributed by atoms with Gasteiger partial charge in [-0.05, 0) is 46.7 Å². The zero-order valence-electron chi connectivity index (χ0n) is 26.6. The fourth-order valence-corrected chi connectivity index (χ4v) is 5.23. The number of carbonyl (C=O) groups excluding carboxylic acids is 3. The third kappa shape index (κ3) is 10.4. The summed E-state index contributed by atoms with van der Waals surface area (Å²) in [6.45, 7) is 0.293. The van der Waals surface area contributed by atoms with Gasteiger partial charge in [0.25, 0.3) is 0 Å². The summed E-state index contributed by atoms with van der Waals surface area (Å²) in [7, 11) is 0. The molecule has 0 spiro atoms. The molecule has 0 heterocycles. The minimum atomic E-state index is -1.15. The van der Waals surface area contributed by atoms with E-state index in [1.54, 1.807) is 12.1 Å². The molecule has 3 atom stereocenters. The van der Waals surface area contributed by atoms with Crippen LogP contribution in [-0.4, -0.2) is 54.8 Å². The summed E-state index contributed by atoms with van der Waals surface area (Å²) >= 11 is 0. The standard InChI is InChI=1S/C36H42N8O4/c37-32(38)26-14-12-23(13-15-26)19-29(28-17-16-25-9-4-5-10-27(25)20-28)34(46)44-31(22-48-21-24-7-2-1-3-8-24)35(47)43-30(33(39)45)11-6-18-42-36(40)41/h1-5,7-10,12-17,20,29-31H,6,11,18-19,21-22H2,(H3,37,38)(H2,39,45)(H,43,47)(H,44,46)(H4,40,41,42)/t29-,30?,31-/m0/s1. The highest BCUT2D eigenvalue weighted by Crippen LogP contribution is 2.26. The van der Waals surface area contributed by atoms with E-state index < -0.39 is 35.7 Å². The number of nitrogens with zero attached hydrogens (tertiary/aromatic N) is 1. The molecule has 0 bridgehead atoms. The van der Waals surface area contributed by atoms with E-state index in [0.717, 1.165) is 27.5 Å². The first kappa shape index (κ1) is 35.1. The molecule has 250 valence electrons. The normalized spacial score (nSPS) is 12.8. The Morgan fingerprint density at radius 3 is 2.08 bits per heavy atom. The number of ether oxygens (including phenoxy) is 1. The second-order valence-corrected chi connectivity index (χ2v) is 11.4. The van der Waals surface area contributed by atoms with Gasteiger partial charge in [0.2, 0.25) is 17.7 Å². The molecular weight excluding hydrogens is 608 g/mol. The Hall–Kier alpha value is -5.75. The van der Waals surface area contributed by atoms with Gasteiger partial charge in [-0.2, -0.15) is 0 Å². The van der Waals surface area contributed by atoms with Crippen molar-refractivity contribution in [3.63, 3.8) is 0 Å². The van der Waals surface area contributed by atoms with Gasteiger partial charge in [0.05, 0.1) is 19.1 Å².